The highest BCUT2D eigenvalue weighted by Gasteiger charge is 2.13. The summed E-state index contributed by atoms with van der Waals surface area (Å²) in [5, 5.41) is 4.16. The summed E-state index contributed by atoms with van der Waals surface area (Å²) < 4.78 is 7.98. The smallest absolute Gasteiger partial charge is 0.137 e. The highest BCUT2D eigenvalue weighted by atomic mass is 32.1. The molecule has 0 aliphatic carbocycles. The first-order valence-corrected chi connectivity index (χ1v) is 6.76. The maximum Gasteiger partial charge on any atom is 0.137 e. The molecule has 0 saturated heterocycles. The van der Waals surface area contributed by atoms with Crippen LogP contribution in [-0.4, -0.2) is 26.4 Å². The summed E-state index contributed by atoms with van der Waals surface area (Å²) in [6.07, 6.45) is 4.53. The van der Waals surface area contributed by atoms with Gasteiger partial charge in [0.25, 0.3) is 0 Å². The van der Waals surface area contributed by atoms with E-state index >= 15 is 0 Å². The number of ether oxygens (including phenoxy) is 1. The molecule has 0 aliphatic heterocycles. The lowest BCUT2D eigenvalue weighted by Crippen LogP contribution is -2.08. The summed E-state index contributed by atoms with van der Waals surface area (Å²) in [6, 6.07) is 1.84. The molecular formula is C13H18N4OS. The zero-order valence-electron chi connectivity index (χ0n) is 11.4. The highest BCUT2D eigenvalue weighted by Crippen LogP contribution is 2.21. The lowest BCUT2D eigenvalue weighted by atomic mass is 10.2. The van der Waals surface area contributed by atoms with Crippen molar-refractivity contribution in [3.05, 3.63) is 28.9 Å². The van der Waals surface area contributed by atoms with Gasteiger partial charge in [0.1, 0.15) is 16.6 Å². The Morgan fingerprint density at radius 2 is 2.26 bits per heavy atom. The maximum atomic E-state index is 5.67. The van der Waals surface area contributed by atoms with Crippen molar-refractivity contribution in [1.29, 1.82) is 0 Å². The number of aromatic amines is 1. The predicted molar refractivity (Wildman–Crippen MR) is 76.3 cm³/mol. The van der Waals surface area contributed by atoms with Gasteiger partial charge in [-0.25, -0.2) is 4.98 Å². The first kappa shape index (κ1) is 13.9. The number of rotatable bonds is 5. The second-order valence-corrected chi connectivity index (χ2v) is 4.69. The Morgan fingerprint density at radius 3 is 2.84 bits per heavy atom. The van der Waals surface area contributed by atoms with Crippen molar-refractivity contribution in [2.45, 2.75) is 26.4 Å². The van der Waals surface area contributed by atoms with Gasteiger partial charge in [-0.05, 0) is 19.4 Å². The Hall–Kier alpha value is -1.53. The second kappa shape index (κ2) is 6.08. The minimum atomic E-state index is -0.0525. The Balaban J connectivity index is 2.42. The molecule has 2 rings (SSSR count). The molecule has 19 heavy (non-hydrogen) atoms. The highest BCUT2D eigenvalue weighted by molar-refractivity contribution is 7.71. The molecular weight excluding hydrogens is 260 g/mol. The van der Waals surface area contributed by atoms with Gasteiger partial charge in [0, 0.05) is 25.4 Å². The molecule has 2 aromatic rings. The van der Waals surface area contributed by atoms with Crippen molar-refractivity contribution < 1.29 is 4.74 Å². The van der Waals surface area contributed by atoms with Crippen molar-refractivity contribution in [3.8, 4) is 11.3 Å². The molecule has 6 heteroatoms. The molecule has 2 aromatic heterocycles. The standard InChI is InChI=1S/C13H18N4OS/c1-4-11(18-5-2)13-15-10(6-12(19)16-13)9-7-14-17(3)8-9/h6-8,11H,4-5H2,1-3H3,(H,15,16,19). The largest absolute Gasteiger partial charge is 0.371 e. The fraction of sp³-hybridized carbons (Fsp3) is 0.462. The van der Waals surface area contributed by atoms with Gasteiger partial charge in [-0.3, -0.25) is 4.68 Å². The molecule has 0 radical (unpaired) electrons. The van der Waals surface area contributed by atoms with Crippen LogP contribution in [0.15, 0.2) is 18.5 Å². The molecule has 2 heterocycles. The van der Waals surface area contributed by atoms with Crippen molar-refractivity contribution in [2.75, 3.05) is 6.61 Å². The first-order chi connectivity index (χ1) is 9.13. The van der Waals surface area contributed by atoms with Crippen molar-refractivity contribution in [3.63, 3.8) is 0 Å². The number of aryl methyl sites for hydroxylation is 1. The van der Waals surface area contributed by atoms with Crippen LogP contribution in [0, 0.1) is 4.64 Å². The van der Waals surface area contributed by atoms with Crippen molar-refractivity contribution in [2.24, 2.45) is 7.05 Å². The summed E-state index contributed by atoms with van der Waals surface area (Å²) in [5.74, 6) is 0.774. The van der Waals surface area contributed by atoms with Crippen LogP contribution in [0.3, 0.4) is 0 Å². The number of aromatic nitrogens is 4. The molecule has 1 unspecified atom stereocenters. The summed E-state index contributed by atoms with van der Waals surface area (Å²) in [5.41, 5.74) is 1.91. The van der Waals surface area contributed by atoms with Gasteiger partial charge in [-0.2, -0.15) is 5.10 Å². The van der Waals surface area contributed by atoms with Gasteiger partial charge in [-0.15, -0.1) is 0 Å². The van der Waals surface area contributed by atoms with E-state index in [1.165, 1.54) is 0 Å². The van der Waals surface area contributed by atoms with Crippen molar-refractivity contribution in [1.82, 2.24) is 19.7 Å². The zero-order chi connectivity index (χ0) is 13.8. The molecule has 0 amide bonds. The molecule has 0 aromatic carbocycles. The molecule has 0 bridgehead atoms. The molecule has 1 atom stereocenters. The Bertz CT molecular complexity index is 605. The van der Waals surface area contributed by atoms with E-state index in [1.54, 1.807) is 10.9 Å². The molecule has 0 fully saturated rings. The van der Waals surface area contributed by atoms with Crippen LogP contribution in [0.4, 0.5) is 0 Å². The minimum absolute atomic E-state index is 0.0525. The molecule has 5 nitrogen and oxygen atoms in total. The second-order valence-electron chi connectivity index (χ2n) is 4.27. The molecule has 0 aliphatic rings. The van der Waals surface area contributed by atoms with E-state index in [0.29, 0.717) is 11.2 Å². The van der Waals surface area contributed by atoms with Gasteiger partial charge in [0.2, 0.25) is 0 Å². The van der Waals surface area contributed by atoms with E-state index in [9.17, 15) is 0 Å². The van der Waals surface area contributed by atoms with Gasteiger partial charge in [-0.1, -0.05) is 19.1 Å². The maximum absolute atomic E-state index is 5.67. The molecule has 0 spiro atoms. The fourth-order valence-corrected chi connectivity index (χ4v) is 2.15. The normalized spacial score (nSPS) is 12.6. The predicted octanol–water partition coefficient (Wildman–Crippen LogP) is 3.03. The van der Waals surface area contributed by atoms with E-state index in [2.05, 4.69) is 22.0 Å². The lowest BCUT2D eigenvalue weighted by molar-refractivity contribution is 0.0535. The van der Waals surface area contributed by atoms with Gasteiger partial charge < -0.3 is 9.72 Å². The third-order valence-electron chi connectivity index (χ3n) is 2.82. The number of nitrogens with zero attached hydrogens (tertiary/aromatic N) is 3. The SMILES string of the molecule is CCOC(CC)c1nc(=S)cc(-c2cnn(C)c2)[nH]1. The first-order valence-electron chi connectivity index (χ1n) is 6.36. The van der Waals surface area contributed by atoms with Crippen LogP contribution in [0.1, 0.15) is 32.2 Å². The fourth-order valence-electron chi connectivity index (χ4n) is 1.94. The monoisotopic (exact) mass is 278 g/mol. The van der Waals surface area contributed by atoms with Crippen LogP contribution < -0.4 is 0 Å². The van der Waals surface area contributed by atoms with Crippen LogP contribution in [0.2, 0.25) is 0 Å². The summed E-state index contributed by atoms with van der Waals surface area (Å²) in [6.45, 7) is 4.69. The van der Waals surface area contributed by atoms with Gasteiger partial charge in [0.15, 0.2) is 0 Å². The quantitative estimate of drug-likeness (QED) is 0.854. The number of hydrogen-bond donors (Lipinski definition) is 1. The number of nitrogens with one attached hydrogen (secondary N) is 1. The van der Waals surface area contributed by atoms with Crippen LogP contribution in [-0.2, 0) is 11.8 Å². The third-order valence-corrected chi connectivity index (χ3v) is 3.03. The summed E-state index contributed by atoms with van der Waals surface area (Å²) in [4.78, 5) is 7.66. The van der Waals surface area contributed by atoms with Crippen LogP contribution >= 0.6 is 12.2 Å². The molecule has 102 valence electrons. The minimum Gasteiger partial charge on any atom is -0.371 e. The molecule has 1 N–H and O–H groups in total. The van der Waals surface area contributed by atoms with Crippen LogP contribution in [0.5, 0.6) is 0 Å². The average Bonchev–Trinajstić information content (AvgIpc) is 2.82. The van der Waals surface area contributed by atoms with Gasteiger partial charge in [0.05, 0.1) is 11.9 Å². The van der Waals surface area contributed by atoms with E-state index in [0.717, 1.165) is 23.5 Å². The zero-order valence-corrected chi connectivity index (χ0v) is 12.2. The van der Waals surface area contributed by atoms with Crippen molar-refractivity contribution >= 4 is 12.2 Å². The summed E-state index contributed by atoms with van der Waals surface area (Å²) in [7, 11) is 1.88. The average molecular weight is 278 g/mol. The topological polar surface area (TPSA) is 55.7 Å². The van der Waals surface area contributed by atoms with E-state index in [4.69, 9.17) is 17.0 Å². The van der Waals surface area contributed by atoms with E-state index in [1.807, 2.05) is 26.2 Å². The molecule has 0 saturated carbocycles. The van der Waals surface area contributed by atoms with Crippen LogP contribution in [0.25, 0.3) is 11.3 Å². The Morgan fingerprint density at radius 1 is 1.47 bits per heavy atom. The summed E-state index contributed by atoms with van der Waals surface area (Å²) >= 11 is 5.23. The van der Waals surface area contributed by atoms with E-state index < -0.39 is 0 Å². The number of hydrogen-bond acceptors (Lipinski definition) is 4. The van der Waals surface area contributed by atoms with Gasteiger partial charge >= 0.3 is 0 Å². The number of H-pyrrole nitrogens is 1. The Labute approximate surface area is 117 Å². The third kappa shape index (κ3) is 3.27. The Kier molecular flexibility index (Phi) is 4.44. The van der Waals surface area contributed by atoms with E-state index in [-0.39, 0.29) is 6.10 Å². The lowest BCUT2D eigenvalue weighted by Gasteiger charge is -2.15.